The van der Waals surface area contributed by atoms with Crippen molar-refractivity contribution in [2.24, 2.45) is 0 Å². The highest BCUT2D eigenvalue weighted by Crippen LogP contribution is 2.32. The Bertz CT molecular complexity index is 1170. The van der Waals surface area contributed by atoms with Gasteiger partial charge < -0.3 is 9.47 Å². The largest absolute Gasteiger partial charge is 0.497 e. The predicted octanol–water partition coefficient (Wildman–Crippen LogP) is 3.73. The number of hydrogen-bond acceptors (Lipinski definition) is 5. The Morgan fingerprint density at radius 3 is 2.53 bits per heavy atom. The molecule has 3 N–H and O–H groups in total. The maximum atomic E-state index is 12.0. The summed E-state index contributed by atoms with van der Waals surface area (Å²) in [6, 6.07) is 18.7. The Morgan fingerprint density at radius 1 is 1.03 bits per heavy atom. The number of rotatable bonds is 6. The molecule has 0 aliphatic rings. The van der Waals surface area contributed by atoms with Crippen LogP contribution in [0.4, 0.5) is 0 Å². The summed E-state index contributed by atoms with van der Waals surface area (Å²) in [4.78, 5) is 24.0. The molecule has 3 aromatic rings. The summed E-state index contributed by atoms with van der Waals surface area (Å²) < 4.78 is 11.4. The van der Waals surface area contributed by atoms with Crippen LogP contribution in [0.3, 0.4) is 0 Å². The van der Waals surface area contributed by atoms with Gasteiger partial charge in [-0.15, -0.1) is 0 Å². The van der Waals surface area contributed by atoms with E-state index in [0.29, 0.717) is 5.75 Å². The number of ether oxygens (including phenoxy) is 2. The van der Waals surface area contributed by atoms with Gasteiger partial charge in [-0.3, -0.25) is 25.8 Å². The van der Waals surface area contributed by atoms with Gasteiger partial charge in [0.2, 0.25) is 5.91 Å². The Kier molecular flexibility index (Phi) is 8.18. The molecule has 0 bridgehead atoms. The summed E-state index contributed by atoms with van der Waals surface area (Å²) in [5.41, 5.74) is 5.67. The van der Waals surface area contributed by atoms with Crippen molar-refractivity contribution in [3.63, 3.8) is 0 Å². The maximum absolute atomic E-state index is 12.0. The van der Waals surface area contributed by atoms with Gasteiger partial charge in [-0.1, -0.05) is 42.5 Å². The highest BCUT2D eigenvalue weighted by atomic mass is 79.9. The molecule has 7 nitrogen and oxygen atoms in total. The van der Waals surface area contributed by atoms with Gasteiger partial charge in [-0.05, 0) is 68.8 Å². The molecule has 0 aliphatic heterocycles. The lowest BCUT2D eigenvalue weighted by Crippen LogP contribution is -2.49. The molecule has 0 unspecified atom stereocenters. The second-order valence-corrected chi connectivity index (χ2v) is 7.69. The van der Waals surface area contributed by atoms with E-state index in [1.54, 1.807) is 31.4 Å². The van der Waals surface area contributed by atoms with Gasteiger partial charge in [0.15, 0.2) is 11.7 Å². The first kappa shape index (κ1) is 23.2. The SMILES string of the molecule is COc1ccc(C=CC(=O)NC(=S)NNC(=O)COc2ccc3ccccc3c2Br)cc1. The number of hydrogen-bond donors (Lipinski definition) is 3. The Morgan fingerprint density at radius 2 is 1.78 bits per heavy atom. The van der Waals surface area contributed by atoms with Crippen LogP contribution in [0.15, 0.2) is 71.2 Å². The molecule has 2 amide bonds. The molecule has 9 heteroatoms. The van der Waals surface area contributed by atoms with Gasteiger partial charge in [0.1, 0.15) is 11.5 Å². The van der Waals surface area contributed by atoms with E-state index < -0.39 is 11.8 Å². The molecule has 3 aromatic carbocycles. The van der Waals surface area contributed by atoms with Gasteiger partial charge in [-0.25, -0.2) is 0 Å². The first-order valence-corrected chi connectivity index (χ1v) is 10.7. The smallest absolute Gasteiger partial charge is 0.276 e. The monoisotopic (exact) mass is 513 g/mol. The molecule has 3 rings (SSSR count). The van der Waals surface area contributed by atoms with Gasteiger partial charge in [0.25, 0.3) is 5.91 Å². The summed E-state index contributed by atoms with van der Waals surface area (Å²) in [6.45, 7) is -0.238. The van der Waals surface area contributed by atoms with E-state index in [1.165, 1.54) is 6.08 Å². The number of fused-ring (bicyclic) bond motifs is 1. The standard InChI is InChI=1S/C23H20BrN3O4S/c1-30-17-10-6-15(7-11-17)8-13-20(28)25-23(32)27-26-21(29)14-31-19-12-9-16-4-2-3-5-18(16)22(19)24/h2-13H,14H2,1H3,(H,26,29)(H2,25,27,28,32). The fraction of sp³-hybridized carbons (Fsp3) is 0.0870. The Labute approximate surface area is 198 Å². The molecular weight excluding hydrogens is 494 g/mol. The first-order chi connectivity index (χ1) is 15.5. The van der Waals surface area contributed by atoms with E-state index in [-0.39, 0.29) is 11.7 Å². The van der Waals surface area contributed by atoms with Crippen LogP contribution in [0.2, 0.25) is 0 Å². The number of nitrogens with one attached hydrogen (secondary N) is 3. The summed E-state index contributed by atoms with van der Waals surface area (Å²) in [5, 5.41) is 4.43. The van der Waals surface area contributed by atoms with Gasteiger partial charge >= 0.3 is 0 Å². The lowest BCUT2D eigenvalue weighted by molar-refractivity contribution is -0.123. The van der Waals surface area contributed by atoms with E-state index in [0.717, 1.165) is 26.6 Å². The molecule has 0 fully saturated rings. The fourth-order valence-corrected chi connectivity index (χ4v) is 3.46. The molecule has 32 heavy (non-hydrogen) atoms. The Hall–Kier alpha value is -3.43. The van der Waals surface area contributed by atoms with Crippen molar-refractivity contribution in [3.8, 4) is 11.5 Å². The van der Waals surface area contributed by atoms with Crippen LogP contribution >= 0.6 is 28.1 Å². The number of halogens is 1. The van der Waals surface area contributed by atoms with Crippen LogP contribution in [-0.4, -0.2) is 30.6 Å². The quantitative estimate of drug-likeness (QED) is 0.264. The zero-order valence-corrected chi connectivity index (χ0v) is 19.5. The van der Waals surface area contributed by atoms with Gasteiger partial charge in [0.05, 0.1) is 11.6 Å². The maximum Gasteiger partial charge on any atom is 0.276 e. The number of carbonyl (C=O) groups excluding carboxylic acids is 2. The first-order valence-electron chi connectivity index (χ1n) is 9.48. The highest BCUT2D eigenvalue weighted by Gasteiger charge is 2.09. The third-order valence-electron chi connectivity index (χ3n) is 4.28. The van der Waals surface area contributed by atoms with Crippen molar-refractivity contribution >= 4 is 61.9 Å². The predicted molar refractivity (Wildman–Crippen MR) is 131 cm³/mol. The summed E-state index contributed by atoms with van der Waals surface area (Å²) in [6.07, 6.45) is 2.96. The molecule has 0 radical (unpaired) electrons. The van der Waals surface area contributed by atoms with Crippen LogP contribution in [0.5, 0.6) is 11.5 Å². The number of amides is 2. The molecule has 0 atom stereocenters. The average molecular weight is 514 g/mol. The lowest BCUT2D eigenvalue weighted by atomic mass is 10.1. The molecule has 0 saturated heterocycles. The fourth-order valence-electron chi connectivity index (χ4n) is 2.70. The third kappa shape index (κ3) is 6.53. The minimum Gasteiger partial charge on any atom is -0.497 e. The Balaban J connectivity index is 1.42. The number of methoxy groups -OCH3 is 1. The molecule has 0 aliphatic carbocycles. The van der Waals surface area contributed by atoms with E-state index in [9.17, 15) is 9.59 Å². The summed E-state index contributed by atoms with van der Waals surface area (Å²) in [5.74, 6) is 0.363. The molecule has 0 heterocycles. The summed E-state index contributed by atoms with van der Waals surface area (Å²) >= 11 is 8.51. The second-order valence-electron chi connectivity index (χ2n) is 6.49. The van der Waals surface area contributed by atoms with Crippen LogP contribution in [0.25, 0.3) is 16.8 Å². The topological polar surface area (TPSA) is 88.7 Å². The van der Waals surface area contributed by atoms with E-state index >= 15 is 0 Å². The van der Waals surface area contributed by atoms with Gasteiger partial charge in [-0.2, -0.15) is 0 Å². The van der Waals surface area contributed by atoms with Crippen LogP contribution in [0, 0.1) is 0 Å². The molecule has 0 aromatic heterocycles. The van der Waals surface area contributed by atoms with Crippen molar-refractivity contribution in [2.75, 3.05) is 13.7 Å². The number of hydrazine groups is 1. The molecule has 0 saturated carbocycles. The third-order valence-corrected chi connectivity index (χ3v) is 5.30. The number of carbonyl (C=O) groups is 2. The minimum absolute atomic E-state index is 0.0467. The van der Waals surface area contributed by atoms with Crippen molar-refractivity contribution in [1.82, 2.24) is 16.2 Å². The lowest BCUT2D eigenvalue weighted by Gasteiger charge is -2.12. The van der Waals surface area contributed by atoms with Crippen LogP contribution in [0.1, 0.15) is 5.56 Å². The van der Waals surface area contributed by atoms with Crippen molar-refractivity contribution in [1.29, 1.82) is 0 Å². The van der Waals surface area contributed by atoms with Crippen molar-refractivity contribution in [2.45, 2.75) is 0 Å². The van der Waals surface area contributed by atoms with Crippen molar-refractivity contribution in [3.05, 3.63) is 76.8 Å². The molecule has 164 valence electrons. The van der Waals surface area contributed by atoms with Gasteiger partial charge in [0, 0.05) is 6.08 Å². The highest BCUT2D eigenvalue weighted by molar-refractivity contribution is 9.10. The number of thiocarbonyl (C=S) groups is 1. The van der Waals surface area contributed by atoms with Crippen molar-refractivity contribution < 1.29 is 19.1 Å². The molecular formula is C23H20BrN3O4S. The second kappa shape index (κ2) is 11.3. The zero-order chi connectivity index (χ0) is 22.9. The average Bonchev–Trinajstić information content (AvgIpc) is 2.81. The number of benzene rings is 3. The normalized spacial score (nSPS) is 10.6. The van der Waals surface area contributed by atoms with E-state index in [4.69, 9.17) is 21.7 Å². The summed E-state index contributed by atoms with van der Waals surface area (Å²) in [7, 11) is 1.58. The zero-order valence-electron chi connectivity index (χ0n) is 17.1. The van der Waals surface area contributed by atoms with E-state index in [1.807, 2.05) is 42.5 Å². The minimum atomic E-state index is -0.463. The van der Waals surface area contributed by atoms with Crippen LogP contribution < -0.4 is 25.6 Å². The van der Waals surface area contributed by atoms with E-state index in [2.05, 4.69) is 32.1 Å². The van der Waals surface area contributed by atoms with Crippen LogP contribution in [-0.2, 0) is 9.59 Å². The molecule has 0 spiro atoms.